The van der Waals surface area contributed by atoms with Crippen molar-refractivity contribution >= 4 is 21.8 Å². The molecule has 1 amide bonds. The normalized spacial score (nSPS) is 16.7. The number of nitrogens with one attached hydrogen (secondary N) is 1. The van der Waals surface area contributed by atoms with Gasteiger partial charge in [-0.1, -0.05) is 13.8 Å². The van der Waals surface area contributed by atoms with Gasteiger partial charge in [-0.3, -0.25) is 4.79 Å². The summed E-state index contributed by atoms with van der Waals surface area (Å²) in [6.45, 7) is 5.08. The van der Waals surface area contributed by atoms with E-state index in [4.69, 9.17) is 0 Å². The Morgan fingerprint density at radius 2 is 2.17 bits per heavy atom. The lowest BCUT2D eigenvalue weighted by atomic mass is 9.92. The molecular formula is C14H17BrFNO. The van der Waals surface area contributed by atoms with E-state index in [9.17, 15) is 9.18 Å². The summed E-state index contributed by atoms with van der Waals surface area (Å²) in [5.41, 5.74) is 0.773. The maximum absolute atomic E-state index is 13.1. The predicted molar refractivity (Wildman–Crippen MR) is 72.9 cm³/mol. The summed E-state index contributed by atoms with van der Waals surface area (Å²) in [6, 6.07) is 4.32. The number of amides is 1. The summed E-state index contributed by atoms with van der Waals surface area (Å²) in [7, 11) is 0. The van der Waals surface area contributed by atoms with Crippen molar-refractivity contribution in [2.75, 3.05) is 6.54 Å². The van der Waals surface area contributed by atoms with E-state index in [0.29, 0.717) is 22.5 Å². The second-order valence-electron chi connectivity index (χ2n) is 5.33. The molecular weight excluding hydrogens is 297 g/mol. The standard InChI is InChI=1S/C14H17BrFNO/c1-9(2)14(5-6-14)8-17-13(18)10-3-4-12(16)11(15)7-10/h3-4,7,9H,5-6,8H2,1-2H3,(H,17,18). The van der Waals surface area contributed by atoms with E-state index in [1.54, 1.807) is 0 Å². The summed E-state index contributed by atoms with van der Waals surface area (Å²) in [5.74, 6) is 0.0905. The molecule has 1 aliphatic rings. The van der Waals surface area contributed by atoms with E-state index < -0.39 is 0 Å². The van der Waals surface area contributed by atoms with Crippen LogP contribution in [0, 0.1) is 17.2 Å². The van der Waals surface area contributed by atoms with Crippen molar-refractivity contribution in [2.45, 2.75) is 26.7 Å². The number of carbonyl (C=O) groups excluding carboxylic acids is 1. The highest BCUT2D eigenvalue weighted by Crippen LogP contribution is 2.51. The van der Waals surface area contributed by atoms with Gasteiger partial charge in [-0.2, -0.15) is 0 Å². The molecule has 0 heterocycles. The smallest absolute Gasteiger partial charge is 0.251 e. The topological polar surface area (TPSA) is 29.1 Å². The van der Waals surface area contributed by atoms with Crippen molar-refractivity contribution in [1.82, 2.24) is 5.32 Å². The first kappa shape index (κ1) is 13.5. The van der Waals surface area contributed by atoms with Crippen LogP contribution in [0.25, 0.3) is 0 Å². The minimum Gasteiger partial charge on any atom is -0.351 e. The summed E-state index contributed by atoms with van der Waals surface area (Å²) in [4.78, 5) is 12.0. The van der Waals surface area contributed by atoms with Crippen molar-refractivity contribution < 1.29 is 9.18 Å². The fraction of sp³-hybridized carbons (Fsp3) is 0.500. The lowest BCUT2D eigenvalue weighted by Crippen LogP contribution is -2.32. The summed E-state index contributed by atoms with van der Waals surface area (Å²) in [6.07, 6.45) is 2.36. The third-order valence-corrected chi connectivity index (χ3v) is 4.51. The highest BCUT2D eigenvalue weighted by Gasteiger charge is 2.45. The van der Waals surface area contributed by atoms with Gasteiger partial charge in [0.25, 0.3) is 5.91 Å². The van der Waals surface area contributed by atoms with Crippen molar-refractivity contribution in [3.63, 3.8) is 0 Å². The predicted octanol–water partition coefficient (Wildman–Crippen LogP) is 3.75. The van der Waals surface area contributed by atoms with Gasteiger partial charge in [0.1, 0.15) is 5.82 Å². The fourth-order valence-electron chi connectivity index (χ4n) is 2.11. The third kappa shape index (κ3) is 2.74. The number of hydrogen-bond acceptors (Lipinski definition) is 1. The molecule has 0 aliphatic heterocycles. The van der Waals surface area contributed by atoms with Crippen LogP contribution in [0.2, 0.25) is 0 Å². The number of halogens is 2. The zero-order valence-electron chi connectivity index (χ0n) is 10.6. The van der Waals surface area contributed by atoms with Gasteiger partial charge in [-0.05, 0) is 58.3 Å². The average molecular weight is 314 g/mol. The van der Waals surface area contributed by atoms with Gasteiger partial charge in [0, 0.05) is 12.1 Å². The molecule has 1 aromatic carbocycles. The first-order valence-electron chi connectivity index (χ1n) is 6.18. The van der Waals surface area contributed by atoms with Crippen molar-refractivity contribution in [2.24, 2.45) is 11.3 Å². The van der Waals surface area contributed by atoms with Gasteiger partial charge in [0.2, 0.25) is 0 Å². The van der Waals surface area contributed by atoms with Crippen LogP contribution < -0.4 is 5.32 Å². The molecule has 1 aromatic rings. The Hall–Kier alpha value is -0.900. The van der Waals surface area contributed by atoms with E-state index in [0.717, 1.165) is 0 Å². The maximum atomic E-state index is 13.1. The quantitative estimate of drug-likeness (QED) is 0.901. The SMILES string of the molecule is CC(C)C1(CNC(=O)c2ccc(F)c(Br)c2)CC1. The van der Waals surface area contributed by atoms with Crippen LogP contribution in [-0.2, 0) is 0 Å². The van der Waals surface area contributed by atoms with Crippen LogP contribution in [0.15, 0.2) is 22.7 Å². The first-order chi connectivity index (χ1) is 8.44. The highest BCUT2D eigenvalue weighted by molar-refractivity contribution is 9.10. The molecule has 1 N–H and O–H groups in total. The number of carbonyl (C=O) groups is 1. The molecule has 0 radical (unpaired) electrons. The van der Waals surface area contributed by atoms with Crippen molar-refractivity contribution in [3.8, 4) is 0 Å². The van der Waals surface area contributed by atoms with Gasteiger partial charge in [-0.15, -0.1) is 0 Å². The Bertz CT molecular complexity index is 469. The van der Waals surface area contributed by atoms with E-state index in [2.05, 4.69) is 35.1 Å². The van der Waals surface area contributed by atoms with Gasteiger partial charge in [0.05, 0.1) is 4.47 Å². The average Bonchev–Trinajstić information content (AvgIpc) is 3.11. The molecule has 18 heavy (non-hydrogen) atoms. The monoisotopic (exact) mass is 313 g/mol. The Kier molecular flexibility index (Phi) is 3.76. The molecule has 2 nitrogen and oxygen atoms in total. The third-order valence-electron chi connectivity index (χ3n) is 3.90. The van der Waals surface area contributed by atoms with Crippen molar-refractivity contribution in [1.29, 1.82) is 0 Å². The molecule has 1 fully saturated rings. The van der Waals surface area contributed by atoms with Crippen LogP contribution in [-0.4, -0.2) is 12.5 Å². The first-order valence-corrected chi connectivity index (χ1v) is 6.97. The van der Waals surface area contributed by atoms with E-state index in [1.807, 2.05) is 0 Å². The molecule has 0 aromatic heterocycles. The summed E-state index contributed by atoms with van der Waals surface area (Å²) < 4.78 is 13.4. The molecule has 0 bridgehead atoms. The van der Waals surface area contributed by atoms with Gasteiger partial charge in [-0.25, -0.2) is 4.39 Å². The number of hydrogen-bond donors (Lipinski definition) is 1. The zero-order chi connectivity index (χ0) is 13.3. The van der Waals surface area contributed by atoms with E-state index in [-0.39, 0.29) is 17.1 Å². The van der Waals surface area contributed by atoms with Crippen LogP contribution in [0.3, 0.4) is 0 Å². The van der Waals surface area contributed by atoms with Crippen LogP contribution in [0.4, 0.5) is 4.39 Å². The highest BCUT2D eigenvalue weighted by atomic mass is 79.9. The second kappa shape index (κ2) is 5.00. The Morgan fingerprint density at radius 1 is 1.50 bits per heavy atom. The molecule has 0 unspecified atom stereocenters. The number of rotatable bonds is 4. The van der Waals surface area contributed by atoms with Crippen LogP contribution in [0.5, 0.6) is 0 Å². The minimum absolute atomic E-state index is 0.136. The Balaban J connectivity index is 1.98. The lowest BCUT2D eigenvalue weighted by molar-refractivity contribution is 0.0939. The van der Waals surface area contributed by atoms with Gasteiger partial charge >= 0.3 is 0 Å². The molecule has 0 spiro atoms. The molecule has 0 atom stereocenters. The molecule has 4 heteroatoms. The lowest BCUT2D eigenvalue weighted by Gasteiger charge is -2.20. The summed E-state index contributed by atoms with van der Waals surface area (Å²) in [5, 5.41) is 2.95. The minimum atomic E-state index is -0.354. The summed E-state index contributed by atoms with van der Waals surface area (Å²) >= 11 is 3.09. The number of benzene rings is 1. The van der Waals surface area contributed by atoms with Crippen LogP contribution >= 0.6 is 15.9 Å². The molecule has 1 aliphatic carbocycles. The van der Waals surface area contributed by atoms with Crippen molar-refractivity contribution in [3.05, 3.63) is 34.1 Å². The van der Waals surface area contributed by atoms with E-state index in [1.165, 1.54) is 31.0 Å². The van der Waals surface area contributed by atoms with Gasteiger partial charge < -0.3 is 5.32 Å². The largest absolute Gasteiger partial charge is 0.351 e. The van der Waals surface area contributed by atoms with Gasteiger partial charge in [0.15, 0.2) is 0 Å². The molecule has 98 valence electrons. The second-order valence-corrected chi connectivity index (χ2v) is 6.18. The maximum Gasteiger partial charge on any atom is 0.251 e. The molecule has 2 rings (SSSR count). The van der Waals surface area contributed by atoms with Crippen LogP contribution in [0.1, 0.15) is 37.0 Å². The fourth-order valence-corrected chi connectivity index (χ4v) is 2.49. The Morgan fingerprint density at radius 3 is 2.67 bits per heavy atom. The molecule has 1 saturated carbocycles. The zero-order valence-corrected chi connectivity index (χ0v) is 12.2. The Labute approximate surface area is 115 Å². The van der Waals surface area contributed by atoms with E-state index >= 15 is 0 Å². The molecule has 0 saturated heterocycles.